The van der Waals surface area contributed by atoms with Gasteiger partial charge in [-0.2, -0.15) is 0 Å². The van der Waals surface area contributed by atoms with E-state index >= 15 is 0 Å². The minimum Gasteiger partial charge on any atom is -0.454 e. The van der Waals surface area contributed by atoms with E-state index in [9.17, 15) is 4.79 Å². The Kier molecular flexibility index (Phi) is 3.08. The van der Waals surface area contributed by atoms with Crippen molar-refractivity contribution < 1.29 is 14.3 Å². The number of ether oxygens (including phenoxy) is 2. The molecule has 0 N–H and O–H groups in total. The normalized spacial score (nSPS) is 12.4. The Hall–Kier alpha value is -3.15. The maximum absolute atomic E-state index is 11.4. The molecule has 0 amide bonds. The molecule has 0 saturated carbocycles. The number of rotatable bonds is 3. The van der Waals surface area contributed by atoms with Crippen LogP contribution in [0.1, 0.15) is 16.1 Å². The van der Waals surface area contributed by atoms with Crippen molar-refractivity contribution in [2.75, 3.05) is 6.79 Å². The van der Waals surface area contributed by atoms with Crippen molar-refractivity contribution in [3.63, 3.8) is 0 Å². The largest absolute Gasteiger partial charge is 0.454 e. The van der Waals surface area contributed by atoms with Gasteiger partial charge in [-0.15, -0.1) is 5.10 Å². The fraction of sp³-hybridized carbons (Fsp3) is 0.118. The molecule has 1 aliphatic rings. The van der Waals surface area contributed by atoms with Crippen molar-refractivity contribution in [3.05, 3.63) is 53.7 Å². The quantitative estimate of drug-likeness (QED) is 0.696. The van der Waals surface area contributed by atoms with Gasteiger partial charge >= 0.3 is 0 Å². The van der Waals surface area contributed by atoms with E-state index in [4.69, 9.17) is 9.47 Å². The molecular formula is C17H13N3O3. The Morgan fingerprint density at radius 1 is 1.13 bits per heavy atom. The zero-order chi connectivity index (χ0) is 15.8. The van der Waals surface area contributed by atoms with Gasteiger partial charge in [0, 0.05) is 11.6 Å². The van der Waals surface area contributed by atoms with E-state index in [-0.39, 0.29) is 6.79 Å². The molecule has 0 bridgehead atoms. The summed E-state index contributed by atoms with van der Waals surface area (Å²) in [4.78, 5) is 11.4. The smallest absolute Gasteiger partial charge is 0.231 e. The van der Waals surface area contributed by atoms with Gasteiger partial charge in [-0.1, -0.05) is 29.5 Å². The van der Waals surface area contributed by atoms with Gasteiger partial charge in [-0.25, -0.2) is 4.68 Å². The van der Waals surface area contributed by atoms with Gasteiger partial charge in [0.1, 0.15) is 5.69 Å². The molecule has 4 rings (SSSR count). The average Bonchev–Trinajstić information content (AvgIpc) is 3.20. The molecule has 1 aliphatic heterocycles. The van der Waals surface area contributed by atoms with Crippen LogP contribution in [-0.2, 0) is 0 Å². The second kappa shape index (κ2) is 5.24. The molecule has 0 aliphatic carbocycles. The summed E-state index contributed by atoms with van der Waals surface area (Å²) < 4.78 is 12.4. The van der Waals surface area contributed by atoms with Crippen LogP contribution in [0.15, 0.2) is 42.5 Å². The summed E-state index contributed by atoms with van der Waals surface area (Å²) in [5, 5.41) is 8.13. The third kappa shape index (κ3) is 2.15. The monoisotopic (exact) mass is 307 g/mol. The Morgan fingerprint density at radius 3 is 2.78 bits per heavy atom. The lowest BCUT2D eigenvalue weighted by Gasteiger charge is -2.10. The minimum atomic E-state index is 0.209. The number of carbonyl (C=O) groups excluding carboxylic acids is 1. The second-order valence-corrected chi connectivity index (χ2v) is 5.21. The lowest BCUT2D eigenvalue weighted by molar-refractivity contribution is 0.111. The fourth-order valence-corrected chi connectivity index (χ4v) is 2.66. The molecule has 114 valence electrons. The molecule has 0 spiro atoms. The molecule has 2 aromatic carbocycles. The number of nitrogens with zero attached hydrogens (tertiary/aromatic N) is 3. The summed E-state index contributed by atoms with van der Waals surface area (Å²) in [7, 11) is 0. The first kappa shape index (κ1) is 13.5. The second-order valence-electron chi connectivity index (χ2n) is 5.21. The highest BCUT2D eigenvalue weighted by molar-refractivity contribution is 5.85. The first-order valence-electron chi connectivity index (χ1n) is 7.15. The first-order chi connectivity index (χ1) is 11.3. The van der Waals surface area contributed by atoms with Crippen molar-refractivity contribution >= 4 is 6.29 Å². The Labute approximate surface area is 132 Å². The third-order valence-electron chi connectivity index (χ3n) is 3.81. The van der Waals surface area contributed by atoms with Crippen LogP contribution in [-0.4, -0.2) is 28.1 Å². The zero-order valence-corrected chi connectivity index (χ0v) is 12.4. The molecular weight excluding hydrogens is 294 g/mol. The summed E-state index contributed by atoms with van der Waals surface area (Å²) in [6.07, 6.45) is 0.720. The average molecular weight is 307 g/mol. The number of aryl methyl sites for hydroxylation is 1. The van der Waals surface area contributed by atoms with Crippen LogP contribution in [0.5, 0.6) is 11.5 Å². The summed E-state index contributed by atoms with van der Waals surface area (Å²) in [6, 6.07) is 13.3. The first-order valence-corrected chi connectivity index (χ1v) is 7.15. The molecule has 2 heterocycles. The standard InChI is InChI=1S/C17H13N3O3/c1-11-4-2-3-5-13(11)17-14(9-21)18-19-20(17)12-6-7-15-16(8-12)23-10-22-15/h2-9H,10H2,1H3. The topological polar surface area (TPSA) is 66.2 Å². The van der Waals surface area contributed by atoms with Gasteiger partial charge in [0.05, 0.1) is 5.69 Å². The molecule has 6 nitrogen and oxygen atoms in total. The molecule has 6 heteroatoms. The molecule has 0 radical (unpaired) electrons. The third-order valence-corrected chi connectivity index (χ3v) is 3.81. The van der Waals surface area contributed by atoms with E-state index in [1.54, 1.807) is 4.68 Å². The van der Waals surface area contributed by atoms with Crippen molar-refractivity contribution in [2.45, 2.75) is 6.92 Å². The highest BCUT2D eigenvalue weighted by Gasteiger charge is 2.20. The van der Waals surface area contributed by atoms with Gasteiger partial charge in [0.15, 0.2) is 23.5 Å². The SMILES string of the molecule is Cc1ccccc1-c1c(C=O)nnn1-c1ccc2c(c1)OCO2. The van der Waals surface area contributed by atoms with E-state index in [2.05, 4.69) is 10.3 Å². The number of benzene rings is 2. The molecule has 0 fully saturated rings. The highest BCUT2D eigenvalue weighted by Crippen LogP contribution is 2.35. The molecule has 0 unspecified atom stereocenters. The summed E-state index contributed by atoms with van der Waals surface area (Å²) >= 11 is 0. The fourth-order valence-electron chi connectivity index (χ4n) is 2.66. The van der Waals surface area contributed by atoms with Gasteiger partial charge in [-0.05, 0) is 24.6 Å². The van der Waals surface area contributed by atoms with Crippen LogP contribution in [0.2, 0.25) is 0 Å². The summed E-state index contributed by atoms with van der Waals surface area (Å²) in [5.41, 5.74) is 3.68. The van der Waals surface area contributed by atoms with Gasteiger partial charge in [0.2, 0.25) is 6.79 Å². The van der Waals surface area contributed by atoms with E-state index < -0.39 is 0 Å². The lowest BCUT2D eigenvalue weighted by Crippen LogP contribution is -2.01. The van der Waals surface area contributed by atoms with Crippen molar-refractivity contribution in [1.29, 1.82) is 0 Å². The van der Waals surface area contributed by atoms with Crippen LogP contribution in [0.3, 0.4) is 0 Å². The number of carbonyl (C=O) groups is 1. The van der Waals surface area contributed by atoms with E-state index in [0.29, 0.717) is 22.9 Å². The Morgan fingerprint density at radius 2 is 1.96 bits per heavy atom. The van der Waals surface area contributed by atoms with E-state index in [1.807, 2.05) is 49.4 Å². The molecule has 1 aromatic heterocycles. The highest BCUT2D eigenvalue weighted by atomic mass is 16.7. The van der Waals surface area contributed by atoms with Crippen LogP contribution in [0.4, 0.5) is 0 Å². The number of aldehydes is 1. The summed E-state index contributed by atoms with van der Waals surface area (Å²) in [6.45, 7) is 2.20. The lowest BCUT2D eigenvalue weighted by atomic mass is 10.0. The Bertz CT molecular complexity index is 902. The van der Waals surface area contributed by atoms with Crippen LogP contribution >= 0.6 is 0 Å². The van der Waals surface area contributed by atoms with Crippen LogP contribution in [0, 0.1) is 6.92 Å². The van der Waals surface area contributed by atoms with E-state index in [0.717, 1.165) is 23.1 Å². The zero-order valence-electron chi connectivity index (χ0n) is 12.4. The number of hydrogen-bond acceptors (Lipinski definition) is 5. The maximum atomic E-state index is 11.4. The molecule has 23 heavy (non-hydrogen) atoms. The van der Waals surface area contributed by atoms with Crippen LogP contribution in [0.25, 0.3) is 16.9 Å². The Balaban J connectivity index is 1.92. The predicted octanol–water partition coefficient (Wildman–Crippen LogP) is 2.78. The molecule has 0 saturated heterocycles. The predicted molar refractivity (Wildman–Crippen MR) is 83.0 cm³/mol. The van der Waals surface area contributed by atoms with E-state index in [1.165, 1.54) is 0 Å². The summed E-state index contributed by atoms with van der Waals surface area (Å²) in [5.74, 6) is 1.35. The maximum Gasteiger partial charge on any atom is 0.231 e. The number of hydrogen-bond donors (Lipinski definition) is 0. The molecule has 0 atom stereocenters. The number of fused-ring (bicyclic) bond motifs is 1. The van der Waals surface area contributed by atoms with Crippen LogP contribution < -0.4 is 9.47 Å². The molecule has 3 aromatic rings. The van der Waals surface area contributed by atoms with Gasteiger partial charge < -0.3 is 9.47 Å². The number of aromatic nitrogens is 3. The van der Waals surface area contributed by atoms with Gasteiger partial charge in [0.25, 0.3) is 0 Å². The van der Waals surface area contributed by atoms with Crippen molar-refractivity contribution in [3.8, 4) is 28.4 Å². The van der Waals surface area contributed by atoms with Crippen molar-refractivity contribution in [2.24, 2.45) is 0 Å². The van der Waals surface area contributed by atoms with Gasteiger partial charge in [-0.3, -0.25) is 4.79 Å². The minimum absolute atomic E-state index is 0.209. The van der Waals surface area contributed by atoms with Crippen molar-refractivity contribution in [1.82, 2.24) is 15.0 Å².